The Morgan fingerprint density at radius 3 is 2.33 bits per heavy atom. The van der Waals surface area contributed by atoms with Crippen molar-refractivity contribution < 1.29 is 4.74 Å². The summed E-state index contributed by atoms with van der Waals surface area (Å²) in [5.74, 6) is 0.899. The molecule has 3 nitrogen and oxygen atoms in total. The maximum atomic E-state index is 6.22. The number of rotatable bonds is 4. The van der Waals surface area contributed by atoms with Crippen molar-refractivity contribution >= 4 is 5.69 Å². The van der Waals surface area contributed by atoms with E-state index in [1.165, 1.54) is 37.8 Å². The number of likely N-dealkylation sites (N-methyl/N-ethyl adjacent to an activating group) is 1. The largest absolute Gasteiger partial charge is 0.497 e. The maximum Gasteiger partial charge on any atom is 0.119 e. The van der Waals surface area contributed by atoms with Crippen LogP contribution in [0, 0.1) is 5.41 Å². The Balaban J connectivity index is 2.22. The normalized spacial score (nSPS) is 25.2. The third kappa shape index (κ3) is 3.52. The molecule has 118 valence electrons. The lowest BCUT2D eigenvalue weighted by Crippen LogP contribution is -2.52. The summed E-state index contributed by atoms with van der Waals surface area (Å²) in [6, 6.07) is 8.31. The van der Waals surface area contributed by atoms with E-state index >= 15 is 0 Å². The molecule has 0 spiro atoms. The Hall–Kier alpha value is -1.22. The van der Waals surface area contributed by atoms with Crippen molar-refractivity contribution in [3.63, 3.8) is 0 Å². The lowest BCUT2D eigenvalue weighted by molar-refractivity contribution is 0.296. The van der Waals surface area contributed by atoms with E-state index < -0.39 is 0 Å². The average Bonchev–Trinajstić information content (AvgIpc) is 2.65. The van der Waals surface area contributed by atoms with Gasteiger partial charge >= 0.3 is 0 Å². The van der Waals surface area contributed by atoms with Crippen LogP contribution in [-0.4, -0.2) is 26.2 Å². The third-order valence-corrected chi connectivity index (χ3v) is 5.31. The van der Waals surface area contributed by atoms with Gasteiger partial charge in [0.25, 0.3) is 0 Å². The van der Waals surface area contributed by atoms with E-state index in [4.69, 9.17) is 10.5 Å². The molecule has 0 amide bonds. The molecule has 2 rings (SSSR count). The van der Waals surface area contributed by atoms with Crippen LogP contribution in [0.4, 0.5) is 5.69 Å². The van der Waals surface area contributed by atoms with Crippen molar-refractivity contribution in [2.24, 2.45) is 11.1 Å². The third-order valence-electron chi connectivity index (χ3n) is 5.31. The van der Waals surface area contributed by atoms with Gasteiger partial charge in [-0.05, 0) is 55.4 Å². The van der Waals surface area contributed by atoms with E-state index in [1.54, 1.807) is 7.11 Å². The molecule has 0 saturated heterocycles. The van der Waals surface area contributed by atoms with Gasteiger partial charge in [-0.15, -0.1) is 0 Å². The number of benzene rings is 1. The zero-order valence-electron chi connectivity index (χ0n) is 14.0. The number of hydrogen-bond acceptors (Lipinski definition) is 3. The highest BCUT2D eigenvalue weighted by molar-refractivity contribution is 5.51. The molecule has 0 aromatic heterocycles. The first-order valence-corrected chi connectivity index (χ1v) is 8.00. The van der Waals surface area contributed by atoms with Gasteiger partial charge in [0.15, 0.2) is 0 Å². The molecule has 1 aliphatic rings. The highest BCUT2D eigenvalue weighted by Crippen LogP contribution is 2.41. The topological polar surface area (TPSA) is 38.5 Å². The quantitative estimate of drug-likeness (QED) is 0.857. The molecule has 0 aliphatic heterocycles. The number of ether oxygens (including phenoxy) is 1. The molecule has 1 saturated carbocycles. The predicted molar refractivity (Wildman–Crippen MR) is 90.0 cm³/mol. The average molecular weight is 290 g/mol. The number of nitrogens with two attached hydrogens (primary N) is 1. The van der Waals surface area contributed by atoms with Crippen LogP contribution in [0.15, 0.2) is 24.3 Å². The highest BCUT2D eigenvalue weighted by Gasteiger charge is 2.37. The summed E-state index contributed by atoms with van der Waals surface area (Å²) < 4.78 is 5.25. The van der Waals surface area contributed by atoms with E-state index in [2.05, 4.69) is 37.9 Å². The molecule has 1 atom stereocenters. The van der Waals surface area contributed by atoms with E-state index in [-0.39, 0.29) is 5.54 Å². The Labute approximate surface area is 129 Å². The molecule has 1 fully saturated rings. The smallest absolute Gasteiger partial charge is 0.119 e. The summed E-state index contributed by atoms with van der Waals surface area (Å²) in [6.07, 6.45) is 6.13. The SMILES string of the molecule is COc1ccc(N(C)C2(CN)CCCC(C)(C)CC2)cc1. The van der Waals surface area contributed by atoms with Gasteiger partial charge in [0.2, 0.25) is 0 Å². The van der Waals surface area contributed by atoms with Crippen LogP contribution in [0.2, 0.25) is 0 Å². The van der Waals surface area contributed by atoms with Crippen molar-refractivity contribution in [2.45, 2.75) is 51.5 Å². The number of hydrogen-bond donors (Lipinski definition) is 1. The predicted octanol–water partition coefficient (Wildman–Crippen LogP) is 3.82. The fourth-order valence-corrected chi connectivity index (χ4v) is 3.47. The minimum Gasteiger partial charge on any atom is -0.497 e. The van der Waals surface area contributed by atoms with Crippen LogP contribution in [0.1, 0.15) is 46.0 Å². The van der Waals surface area contributed by atoms with Crippen LogP contribution < -0.4 is 15.4 Å². The fourth-order valence-electron chi connectivity index (χ4n) is 3.47. The van der Waals surface area contributed by atoms with E-state index in [0.29, 0.717) is 12.0 Å². The van der Waals surface area contributed by atoms with Crippen LogP contribution in [0.5, 0.6) is 5.75 Å². The molecule has 0 bridgehead atoms. The van der Waals surface area contributed by atoms with Gasteiger partial charge in [-0.2, -0.15) is 0 Å². The van der Waals surface area contributed by atoms with Gasteiger partial charge in [0, 0.05) is 19.3 Å². The molecule has 1 aromatic carbocycles. The molecule has 1 aliphatic carbocycles. The summed E-state index contributed by atoms with van der Waals surface area (Å²) >= 11 is 0. The minimum absolute atomic E-state index is 0.0857. The van der Waals surface area contributed by atoms with Gasteiger partial charge < -0.3 is 15.4 Å². The first kappa shape index (κ1) is 16.2. The summed E-state index contributed by atoms with van der Waals surface area (Å²) in [7, 11) is 3.89. The van der Waals surface area contributed by atoms with Gasteiger partial charge in [-0.25, -0.2) is 0 Å². The van der Waals surface area contributed by atoms with Crippen molar-refractivity contribution in [3.8, 4) is 5.75 Å². The summed E-state index contributed by atoms with van der Waals surface area (Å²) in [4.78, 5) is 2.40. The Kier molecular flexibility index (Phi) is 4.82. The molecule has 0 heterocycles. The van der Waals surface area contributed by atoms with Crippen LogP contribution >= 0.6 is 0 Å². The van der Waals surface area contributed by atoms with Crippen LogP contribution in [-0.2, 0) is 0 Å². The molecule has 21 heavy (non-hydrogen) atoms. The maximum absolute atomic E-state index is 6.22. The van der Waals surface area contributed by atoms with Crippen molar-refractivity contribution in [1.29, 1.82) is 0 Å². The Bertz CT molecular complexity index is 455. The zero-order chi connectivity index (χ0) is 15.5. The standard InChI is InChI=1S/C18H30N2O/c1-17(2)10-5-11-18(14-19,13-12-17)20(3)15-6-8-16(21-4)9-7-15/h6-9H,5,10-14,19H2,1-4H3. The van der Waals surface area contributed by atoms with E-state index in [0.717, 1.165) is 5.75 Å². The highest BCUT2D eigenvalue weighted by atomic mass is 16.5. The second kappa shape index (κ2) is 6.27. The molecular weight excluding hydrogens is 260 g/mol. The number of anilines is 1. The minimum atomic E-state index is 0.0857. The lowest BCUT2D eigenvalue weighted by atomic mass is 9.83. The van der Waals surface area contributed by atoms with Gasteiger partial charge in [-0.3, -0.25) is 0 Å². The van der Waals surface area contributed by atoms with E-state index in [1.807, 2.05) is 12.1 Å². The lowest BCUT2D eigenvalue weighted by Gasteiger charge is -2.43. The summed E-state index contributed by atoms with van der Waals surface area (Å²) in [6.45, 7) is 5.48. The second-order valence-electron chi connectivity index (χ2n) is 7.20. The monoisotopic (exact) mass is 290 g/mol. The fraction of sp³-hybridized carbons (Fsp3) is 0.667. The first-order valence-electron chi connectivity index (χ1n) is 8.00. The first-order chi connectivity index (χ1) is 9.92. The zero-order valence-corrected chi connectivity index (χ0v) is 14.0. The van der Waals surface area contributed by atoms with E-state index in [9.17, 15) is 0 Å². The molecule has 2 N–H and O–H groups in total. The molecule has 1 aromatic rings. The van der Waals surface area contributed by atoms with Gasteiger partial charge in [-0.1, -0.05) is 20.3 Å². The number of nitrogens with zero attached hydrogens (tertiary/aromatic N) is 1. The molecular formula is C18H30N2O. The van der Waals surface area contributed by atoms with Gasteiger partial charge in [0.05, 0.1) is 12.6 Å². The van der Waals surface area contributed by atoms with Gasteiger partial charge in [0.1, 0.15) is 5.75 Å². The second-order valence-corrected chi connectivity index (χ2v) is 7.20. The summed E-state index contributed by atoms with van der Waals surface area (Å²) in [5, 5.41) is 0. The summed E-state index contributed by atoms with van der Waals surface area (Å²) in [5.41, 5.74) is 7.98. The molecule has 1 unspecified atom stereocenters. The Morgan fingerprint density at radius 1 is 1.10 bits per heavy atom. The van der Waals surface area contributed by atoms with Crippen molar-refractivity contribution in [1.82, 2.24) is 0 Å². The molecule has 3 heteroatoms. The van der Waals surface area contributed by atoms with Crippen LogP contribution in [0.25, 0.3) is 0 Å². The van der Waals surface area contributed by atoms with Crippen LogP contribution in [0.3, 0.4) is 0 Å². The van der Waals surface area contributed by atoms with Crippen molar-refractivity contribution in [3.05, 3.63) is 24.3 Å². The number of methoxy groups -OCH3 is 1. The molecule has 0 radical (unpaired) electrons. The van der Waals surface area contributed by atoms with Crippen molar-refractivity contribution in [2.75, 3.05) is 25.6 Å². The Morgan fingerprint density at radius 2 is 1.76 bits per heavy atom.